The van der Waals surface area contributed by atoms with Crippen molar-refractivity contribution in [1.82, 2.24) is 5.31 Å². The molecular formula is C5H9NO. The highest BCUT2D eigenvalue weighted by Gasteiger charge is 2.04. The van der Waals surface area contributed by atoms with Gasteiger partial charge in [0.2, 0.25) is 0 Å². The van der Waals surface area contributed by atoms with Crippen LogP contribution in [0.15, 0.2) is 0 Å². The SMILES string of the molecule is [2H]N1CC([2H])([2H])C(=O)C([2H])([2H])C1. The van der Waals surface area contributed by atoms with Crippen molar-refractivity contribution >= 4 is 5.78 Å². The summed E-state index contributed by atoms with van der Waals surface area (Å²) in [7, 11) is 0. The molecule has 1 fully saturated rings. The summed E-state index contributed by atoms with van der Waals surface area (Å²) in [4.78, 5) is 11.1. The first kappa shape index (κ1) is 1.55. The molecule has 0 aromatic carbocycles. The molecular weight excluding hydrogens is 90.1 g/mol. The molecule has 0 bridgehead atoms. The normalized spacial score (nSPS) is 50.3. The van der Waals surface area contributed by atoms with Gasteiger partial charge in [0, 0.05) is 31.3 Å². The molecule has 1 rings (SSSR count). The largest absolute Gasteiger partial charge is 0.316 e. The molecule has 0 aromatic heterocycles. The standard InChI is InChI=1S/C5H9NO/c7-5-1-3-6-4-2-5/h6H,1-4H2/i1D2,2D2/hD. The average molecular weight is 104 g/mol. The predicted molar refractivity (Wildman–Crippen MR) is 27.1 cm³/mol. The molecule has 1 heterocycles. The Kier molecular flexibility index (Phi) is 0.460. The molecule has 1 saturated heterocycles. The lowest BCUT2D eigenvalue weighted by atomic mass is 10.1. The molecule has 40 valence electrons. The average Bonchev–Trinajstić information content (AvgIpc) is 1.80. The molecule has 7 heavy (non-hydrogen) atoms. The minimum absolute atomic E-state index is 0.356. The Morgan fingerprint density at radius 2 is 2.29 bits per heavy atom. The molecule has 0 radical (unpaired) electrons. The van der Waals surface area contributed by atoms with Crippen molar-refractivity contribution in [2.75, 3.05) is 13.1 Å². The number of Topliss-reactive ketones (excluding diaryl/α,β-unsaturated/α-hetero) is 1. The number of nitrogens with one attached hydrogen (secondary N) is 1. The van der Waals surface area contributed by atoms with Gasteiger partial charge < -0.3 is 5.31 Å². The molecule has 0 aliphatic carbocycles. The number of hydrogen-bond donors (Lipinski definition) is 1. The summed E-state index contributed by atoms with van der Waals surface area (Å²) >= 11 is 0. The molecule has 0 aromatic rings. The van der Waals surface area contributed by atoms with Gasteiger partial charge in [0.05, 0.1) is 0 Å². The lowest BCUT2D eigenvalue weighted by Crippen LogP contribution is -2.27. The molecule has 2 nitrogen and oxygen atoms in total. The lowest BCUT2D eigenvalue weighted by molar-refractivity contribution is -0.119. The first-order chi connectivity index (χ1) is 5.26. The van der Waals surface area contributed by atoms with Gasteiger partial charge in [-0.2, -0.15) is 0 Å². The fraction of sp³-hybridized carbons (Fsp3) is 0.800. The maximum atomic E-state index is 11.1. The Hall–Kier alpha value is -0.370. The third-order valence-electron chi connectivity index (χ3n) is 0.703. The van der Waals surface area contributed by atoms with Gasteiger partial charge in [0.1, 0.15) is 7.20 Å². The van der Waals surface area contributed by atoms with Crippen LogP contribution in [0.5, 0.6) is 0 Å². The Balaban J connectivity index is 2.91. The molecule has 1 aliphatic rings. The van der Waals surface area contributed by atoms with E-state index < -0.39 is 18.5 Å². The maximum absolute atomic E-state index is 11.1. The van der Waals surface area contributed by atoms with Gasteiger partial charge in [-0.25, -0.2) is 0 Å². The Bertz CT molecular complexity index is 196. The molecule has 1 N–H and O–H groups in total. The predicted octanol–water partition coefficient (Wildman–Crippen LogP) is -0.0611. The van der Waals surface area contributed by atoms with Crippen molar-refractivity contribution in [3.63, 3.8) is 0 Å². The molecule has 0 atom stereocenters. The molecule has 0 saturated carbocycles. The van der Waals surface area contributed by atoms with Gasteiger partial charge in [-0.05, 0) is 0 Å². The molecule has 2 heteroatoms. The smallest absolute Gasteiger partial charge is 0.135 e. The Morgan fingerprint density at radius 3 is 2.86 bits per heavy atom. The summed E-state index contributed by atoms with van der Waals surface area (Å²) in [5.41, 5.74) is 0. The van der Waals surface area contributed by atoms with Crippen LogP contribution in [0.3, 0.4) is 0 Å². The second kappa shape index (κ2) is 2.07. The van der Waals surface area contributed by atoms with Crippen LogP contribution < -0.4 is 5.31 Å². The third kappa shape index (κ3) is 1.27. The number of carbonyl (C=O) groups excluding carboxylic acids is 1. The number of carbonyl (C=O) groups is 1. The van der Waals surface area contributed by atoms with Crippen LogP contribution in [0.25, 0.3) is 0 Å². The summed E-state index contributed by atoms with van der Waals surface area (Å²) in [6, 6.07) is 0. The van der Waals surface area contributed by atoms with Crippen LogP contribution in [0.4, 0.5) is 0 Å². The fourth-order valence-electron chi connectivity index (χ4n) is 0.374. The maximum Gasteiger partial charge on any atom is 0.135 e. The first-order valence-corrected chi connectivity index (χ1v) is 2.04. The first-order valence-electron chi connectivity index (χ1n) is 4.49. The number of hydrogen-bond acceptors (Lipinski definition) is 2. The summed E-state index contributed by atoms with van der Waals surface area (Å²) in [6.45, 7) is -0.712. The van der Waals surface area contributed by atoms with E-state index >= 15 is 0 Å². The van der Waals surface area contributed by atoms with E-state index in [1.165, 1.54) is 0 Å². The summed E-state index contributed by atoms with van der Waals surface area (Å²) in [6.07, 6.45) is -4.47. The van der Waals surface area contributed by atoms with Crippen molar-refractivity contribution in [3.05, 3.63) is 0 Å². The van der Waals surface area contributed by atoms with Gasteiger partial charge in [-0.3, -0.25) is 4.79 Å². The van der Waals surface area contributed by atoms with Gasteiger partial charge in [-0.15, -0.1) is 0 Å². The molecule has 0 spiro atoms. The monoisotopic (exact) mass is 104 g/mol. The topological polar surface area (TPSA) is 29.1 Å². The minimum atomic E-state index is -2.23. The van der Waals surface area contributed by atoms with E-state index in [9.17, 15) is 4.79 Å². The van der Waals surface area contributed by atoms with Gasteiger partial charge >= 0.3 is 0 Å². The second-order valence-electron chi connectivity index (χ2n) is 1.22. The van der Waals surface area contributed by atoms with E-state index in [1.807, 2.05) is 0 Å². The number of ketones is 1. The number of piperidine rings is 1. The Morgan fingerprint density at radius 1 is 1.71 bits per heavy atom. The van der Waals surface area contributed by atoms with Crippen molar-refractivity contribution in [3.8, 4) is 0 Å². The summed E-state index contributed by atoms with van der Waals surface area (Å²) < 4.78 is 35.6. The van der Waals surface area contributed by atoms with Crippen molar-refractivity contribution in [2.24, 2.45) is 0 Å². The van der Waals surface area contributed by atoms with Crippen LogP contribution in [0.1, 0.15) is 18.2 Å². The van der Waals surface area contributed by atoms with E-state index in [4.69, 9.17) is 6.89 Å². The third-order valence-corrected chi connectivity index (χ3v) is 0.703. The quantitative estimate of drug-likeness (QED) is 0.466. The molecule has 0 amide bonds. The van der Waals surface area contributed by atoms with Crippen LogP contribution in [-0.2, 0) is 4.79 Å². The van der Waals surface area contributed by atoms with Gasteiger partial charge in [0.15, 0.2) is 0 Å². The van der Waals surface area contributed by atoms with Gasteiger partial charge in [0.25, 0.3) is 0 Å². The zero-order valence-corrected chi connectivity index (χ0v) is 3.77. The second-order valence-corrected chi connectivity index (χ2v) is 1.22. The fourth-order valence-corrected chi connectivity index (χ4v) is 0.374. The van der Waals surface area contributed by atoms with E-state index in [0.29, 0.717) is 0 Å². The molecule has 1 aliphatic heterocycles. The lowest BCUT2D eigenvalue weighted by Gasteiger charge is -2.08. The zero-order chi connectivity index (χ0) is 9.57. The summed E-state index contributed by atoms with van der Waals surface area (Å²) in [5.74, 6) is -1.06. The minimum Gasteiger partial charge on any atom is -0.316 e. The van der Waals surface area contributed by atoms with Crippen LogP contribution >= 0.6 is 0 Å². The number of rotatable bonds is 0. The highest BCUT2D eigenvalue weighted by Crippen LogP contribution is 1.91. The van der Waals surface area contributed by atoms with Crippen molar-refractivity contribution in [2.45, 2.75) is 12.7 Å². The van der Waals surface area contributed by atoms with Crippen molar-refractivity contribution < 1.29 is 11.7 Å². The van der Waals surface area contributed by atoms with Gasteiger partial charge in [-0.1, -0.05) is 0 Å². The highest BCUT2D eigenvalue weighted by molar-refractivity contribution is 5.79. The van der Waals surface area contributed by atoms with E-state index in [-0.39, 0.29) is 13.1 Å². The van der Waals surface area contributed by atoms with E-state index in [1.54, 1.807) is 0 Å². The van der Waals surface area contributed by atoms with Crippen LogP contribution in [-0.4, -0.2) is 18.9 Å². The molecule has 0 unspecified atom stereocenters. The summed E-state index contributed by atoms with van der Waals surface area (Å²) in [5, 5.41) is 0.738. The highest BCUT2D eigenvalue weighted by atomic mass is 16.1. The van der Waals surface area contributed by atoms with Crippen molar-refractivity contribution in [1.29, 1.82) is 0 Å². The Labute approximate surface area is 50.0 Å². The zero-order valence-electron chi connectivity index (χ0n) is 8.77. The van der Waals surface area contributed by atoms with Crippen LogP contribution in [0, 0.1) is 0 Å². The van der Waals surface area contributed by atoms with E-state index in [0.717, 1.165) is 5.31 Å². The van der Waals surface area contributed by atoms with Crippen LogP contribution in [0.2, 0.25) is 1.41 Å². The van der Waals surface area contributed by atoms with E-state index in [2.05, 4.69) is 0 Å².